The number of piperidine rings is 1. The van der Waals surface area contributed by atoms with Crippen LogP contribution in [0.4, 0.5) is 0 Å². The molecule has 2 saturated heterocycles. The molecule has 0 aliphatic carbocycles. The van der Waals surface area contributed by atoms with Gasteiger partial charge in [0.05, 0.1) is 0 Å². The molecule has 2 aromatic rings. The second kappa shape index (κ2) is 5.68. The maximum absolute atomic E-state index is 13.2. The third-order valence-corrected chi connectivity index (χ3v) is 5.66. The zero-order valence-electron chi connectivity index (χ0n) is 13.8. The van der Waals surface area contributed by atoms with E-state index in [9.17, 15) is 4.79 Å². The third-order valence-electron chi connectivity index (χ3n) is 5.66. The summed E-state index contributed by atoms with van der Waals surface area (Å²) in [6, 6.07) is 8.24. The summed E-state index contributed by atoms with van der Waals surface area (Å²) in [6.07, 6.45) is 4.45. The lowest BCUT2D eigenvalue weighted by Gasteiger charge is -2.40. The molecule has 3 heterocycles. The van der Waals surface area contributed by atoms with Crippen LogP contribution in [-0.4, -0.2) is 42.0 Å². The number of aromatic amines is 1. The van der Waals surface area contributed by atoms with Gasteiger partial charge >= 0.3 is 0 Å². The highest BCUT2D eigenvalue weighted by atomic mass is 16.2. The maximum atomic E-state index is 13.2. The molecule has 1 amide bonds. The fourth-order valence-corrected chi connectivity index (χ4v) is 4.43. The molecule has 1 atom stereocenters. The van der Waals surface area contributed by atoms with Crippen molar-refractivity contribution in [1.82, 2.24) is 15.2 Å². The fraction of sp³-hybridized carbons (Fsp3) is 0.526. The molecule has 0 bridgehead atoms. The highest BCUT2D eigenvalue weighted by Crippen LogP contribution is 2.36. The first kappa shape index (κ1) is 14.8. The van der Waals surface area contributed by atoms with Gasteiger partial charge < -0.3 is 15.2 Å². The molecular weight excluding hydrogens is 286 g/mol. The molecule has 4 heteroatoms. The Morgan fingerprint density at radius 2 is 2.17 bits per heavy atom. The molecule has 0 radical (unpaired) electrons. The molecule has 1 spiro atoms. The number of hydrogen-bond acceptors (Lipinski definition) is 2. The van der Waals surface area contributed by atoms with Gasteiger partial charge in [-0.15, -0.1) is 0 Å². The second-order valence-electron chi connectivity index (χ2n) is 7.13. The SMILES string of the molecule is CCc1c(C(=O)N2CCC[C@]3(CCNC3)C2)[nH]c2ccccc12. The van der Waals surface area contributed by atoms with E-state index in [1.165, 1.54) is 18.2 Å². The van der Waals surface area contributed by atoms with E-state index >= 15 is 0 Å². The van der Waals surface area contributed by atoms with Crippen LogP contribution in [0.2, 0.25) is 0 Å². The second-order valence-corrected chi connectivity index (χ2v) is 7.13. The van der Waals surface area contributed by atoms with Crippen molar-refractivity contribution in [3.05, 3.63) is 35.5 Å². The number of H-pyrrole nitrogens is 1. The van der Waals surface area contributed by atoms with Gasteiger partial charge in [-0.1, -0.05) is 25.1 Å². The summed E-state index contributed by atoms with van der Waals surface area (Å²) in [5.74, 6) is 0.184. The summed E-state index contributed by atoms with van der Waals surface area (Å²) >= 11 is 0. The molecule has 23 heavy (non-hydrogen) atoms. The number of rotatable bonds is 2. The van der Waals surface area contributed by atoms with Gasteiger partial charge in [0.2, 0.25) is 0 Å². The molecule has 1 aromatic heterocycles. The van der Waals surface area contributed by atoms with Crippen molar-refractivity contribution < 1.29 is 4.79 Å². The summed E-state index contributed by atoms with van der Waals surface area (Å²) < 4.78 is 0. The Morgan fingerprint density at radius 3 is 2.96 bits per heavy atom. The predicted molar refractivity (Wildman–Crippen MR) is 92.7 cm³/mol. The average Bonchev–Trinajstić information content (AvgIpc) is 3.18. The van der Waals surface area contributed by atoms with Crippen molar-refractivity contribution in [2.75, 3.05) is 26.2 Å². The van der Waals surface area contributed by atoms with Gasteiger partial charge in [0.15, 0.2) is 0 Å². The highest BCUT2D eigenvalue weighted by molar-refractivity contribution is 6.01. The van der Waals surface area contributed by atoms with Crippen LogP contribution < -0.4 is 5.32 Å². The summed E-state index contributed by atoms with van der Waals surface area (Å²) in [7, 11) is 0. The number of carbonyl (C=O) groups is 1. The van der Waals surface area contributed by atoms with Crippen LogP contribution in [0.3, 0.4) is 0 Å². The van der Waals surface area contributed by atoms with Crippen LogP contribution in [-0.2, 0) is 6.42 Å². The lowest BCUT2D eigenvalue weighted by atomic mass is 9.79. The minimum absolute atomic E-state index is 0.184. The molecule has 2 aliphatic rings. The molecule has 2 N–H and O–H groups in total. The van der Waals surface area contributed by atoms with Gasteiger partial charge in [0.1, 0.15) is 5.69 Å². The van der Waals surface area contributed by atoms with Gasteiger partial charge in [0.25, 0.3) is 5.91 Å². The third kappa shape index (κ3) is 2.45. The number of hydrogen-bond donors (Lipinski definition) is 2. The zero-order chi connectivity index (χ0) is 15.9. The lowest BCUT2D eigenvalue weighted by molar-refractivity contribution is 0.0548. The Labute approximate surface area is 137 Å². The lowest BCUT2D eigenvalue weighted by Crippen LogP contribution is -2.47. The van der Waals surface area contributed by atoms with Crippen LogP contribution in [0.15, 0.2) is 24.3 Å². The highest BCUT2D eigenvalue weighted by Gasteiger charge is 2.40. The first-order valence-electron chi connectivity index (χ1n) is 8.82. The predicted octanol–water partition coefficient (Wildman–Crippen LogP) is 2.95. The first-order chi connectivity index (χ1) is 11.2. The molecule has 1 aromatic carbocycles. The maximum Gasteiger partial charge on any atom is 0.270 e. The van der Waals surface area contributed by atoms with E-state index < -0.39 is 0 Å². The number of amides is 1. The number of nitrogens with one attached hydrogen (secondary N) is 2. The van der Waals surface area contributed by atoms with Crippen molar-refractivity contribution in [2.45, 2.75) is 32.6 Å². The first-order valence-corrected chi connectivity index (χ1v) is 8.82. The number of carbonyl (C=O) groups excluding carboxylic acids is 1. The fourth-order valence-electron chi connectivity index (χ4n) is 4.43. The van der Waals surface area contributed by atoms with Crippen LogP contribution in [0, 0.1) is 5.41 Å². The van der Waals surface area contributed by atoms with Gasteiger partial charge in [-0.2, -0.15) is 0 Å². The summed E-state index contributed by atoms with van der Waals surface area (Å²) in [4.78, 5) is 18.6. The van der Waals surface area contributed by atoms with Gasteiger partial charge in [-0.05, 0) is 43.9 Å². The topological polar surface area (TPSA) is 48.1 Å². The Bertz CT molecular complexity index is 727. The van der Waals surface area contributed by atoms with Gasteiger partial charge in [0, 0.05) is 36.0 Å². The number of fused-ring (bicyclic) bond motifs is 1. The summed E-state index contributed by atoms with van der Waals surface area (Å²) in [6.45, 7) is 6.07. The quantitative estimate of drug-likeness (QED) is 0.896. The van der Waals surface area contributed by atoms with E-state index in [1.807, 2.05) is 12.1 Å². The summed E-state index contributed by atoms with van der Waals surface area (Å²) in [5.41, 5.74) is 3.35. The monoisotopic (exact) mass is 311 g/mol. The molecule has 4 rings (SSSR count). The molecule has 0 saturated carbocycles. The van der Waals surface area contributed by atoms with Crippen molar-refractivity contribution in [1.29, 1.82) is 0 Å². The minimum Gasteiger partial charge on any atom is -0.350 e. The number of likely N-dealkylation sites (tertiary alicyclic amines) is 1. The number of benzene rings is 1. The van der Waals surface area contributed by atoms with Crippen LogP contribution in [0.25, 0.3) is 10.9 Å². The van der Waals surface area contributed by atoms with Gasteiger partial charge in [-0.3, -0.25) is 4.79 Å². The van der Waals surface area contributed by atoms with Crippen LogP contribution in [0.5, 0.6) is 0 Å². The van der Waals surface area contributed by atoms with E-state index in [-0.39, 0.29) is 5.91 Å². The molecule has 4 nitrogen and oxygen atoms in total. The normalized spacial score (nSPS) is 24.7. The zero-order valence-corrected chi connectivity index (χ0v) is 13.8. The van der Waals surface area contributed by atoms with E-state index in [0.717, 1.165) is 55.8 Å². The summed E-state index contributed by atoms with van der Waals surface area (Å²) in [5, 5.41) is 4.67. The molecular formula is C19H25N3O. The average molecular weight is 311 g/mol. The van der Waals surface area contributed by atoms with Crippen molar-refractivity contribution in [3.63, 3.8) is 0 Å². The molecule has 122 valence electrons. The molecule has 2 aliphatic heterocycles. The Balaban J connectivity index is 1.66. The number of para-hydroxylation sites is 1. The van der Waals surface area contributed by atoms with Crippen molar-refractivity contribution in [2.24, 2.45) is 5.41 Å². The molecule has 0 unspecified atom stereocenters. The molecule has 2 fully saturated rings. The Kier molecular flexibility index (Phi) is 3.64. The Morgan fingerprint density at radius 1 is 1.30 bits per heavy atom. The number of aryl methyl sites for hydroxylation is 1. The van der Waals surface area contributed by atoms with E-state index in [2.05, 4.69) is 34.3 Å². The number of aromatic nitrogens is 1. The van der Waals surface area contributed by atoms with E-state index in [0.29, 0.717) is 5.41 Å². The van der Waals surface area contributed by atoms with Crippen LogP contribution in [0.1, 0.15) is 42.2 Å². The minimum atomic E-state index is 0.184. The largest absolute Gasteiger partial charge is 0.350 e. The van der Waals surface area contributed by atoms with E-state index in [4.69, 9.17) is 0 Å². The van der Waals surface area contributed by atoms with Crippen molar-refractivity contribution >= 4 is 16.8 Å². The Hall–Kier alpha value is -1.81. The van der Waals surface area contributed by atoms with Crippen molar-refractivity contribution in [3.8, 4) is 0 Å². The van der Waals surface area contributed by atoms with E-state index in [1.54, 1.807) is 0 Å². The van der Waals surface area contributed by atoms with Crippen LogP contribution >= 0.6 is 0 Å². The smallest absolute Gasteiger partial charge is 0.270 e. The number of nitrogens with zero attached hydrogens (tertiary/aromatic N) is 1. The van der Waals surface area contributed by atoms with Gasteiger partial charge in [-0.25, -0.2) is 0 Å². The standard InChI is InChI=1S/C19H25N3O/c1-2-14-15-6-3-4-7-16(15)21-17(14)18(23)22-11-5-8-19(13-22)9-10-20-12-19/h3-4,6-7,20-21H,2,5,8-13H2,1H3/t19-/m1/s1.